The van der Waals surface area contributed by atoms with E-state index in [1.807, 2.05) is 13.8 Å². The molecule has 0 spiro atoms. The Labute approximate surface area is 150 Å². The van der Waals surface area contributed by atoms with Crippen LogP contribution < -0.4 is 5.32 Å². The van der Waals surface area contributed by atoms with Gasteiger partial charge in [0.2, 0.25) is 15.9 Å². The van der Waals surface area contributed by atoms with Gasteiger partial charge in [-0.2, -0.15) is 4.31 Å². The summed E-state index contributed by atoms with van der Waals surface area (Å²) in [5.74, 6) is -0.501. The number of fused-ring (bicyclic) bond motifs is 1. The second-order valence-electron chi connectivity index (χ2n) is 5.23. The van der Waals surface area contributed by atoms with Crippen molar-refractivity contribution in [2.45, 2.75) is 31.6 Å². The van der Waals surface area contributed by atoms with Gasteiger partial charge in [-0.3, -0.25) is 4.79 Å². The minimum absolute atomic E-state index is 0.154. The van der Waals surface area contributed by atoms with Crippen LogP contribution in [0, 0.1) is 0 Å². The Morgan fingerprint density at radius 1 is 1.29 bits per heavy atom. The number of benzene rings is 1. The topological polar surface area (TPSA) is 79.4 Å². The van der Waals surface area contributed by atoms with Crippen molar-refractivity contribution in [2.24, 2.45) is 0 Å². The first-order valence-corrected chi connectivity index (χ1v) is 10.5. The molecule has 0 saturated carbocycles. The molecule has 0 fully saturated rings. The van der Waals surface area contributed by atoms with Crippen molar-refractivity contribution in [3.05, 3.63) is 18.2 Å². The summed E-state index contributed by atoms with van der Waals surface area (Å²) in [6.07, 6.45) is 1.52. The number of thiazole rings is 1. The summed E-state index contributed by atoms with van der Waals surface area (Å²) < 4.78 is 27.8. The fourth-order valence-electron chi connectivity index (χ4n) is 2.27. The lowest BCUT2D eigenvalue weighted by molar-refractivity contribution is -0.113. The fourth-order valence-corrected chi connectivity index (χ4v) is 4.99. The number of nitrogens with zero attached hydrogens (tertiary/aromatic N) is 2. The van der Waals surface area contributed by atoms with E-state index >= 15 is 0 Å². The Kier molecular flexibility index (Phi) is 6.56. The monoisotopic (exact) mass is 389 g/mol. The summed E-state index contributed by atoms with van der Waals surface area (Å²) in [6.45, 7) is 4.90. The number of halogens is 1. The number of hydrogen-bond donors (Lipinski definition) is 1. The highest BCUT2D eigenvalue weighted by atomic mass is 35.5. The average Bonchev–Trinajstić information content (AvgIpc) is 2.95. The molecule has 1 aromatic heterocycles. The van der Waals surface area contributed by atoms with Crippen molar-refractivity contribution in [1.82, 2.24) is 9.29 Å². The number of nitrogens with one attached hydrogen (secondary N) is 1. The van der Waals surface area contributed by atoms with Gasteiger partial charge in [0.05, 0.1) is 15.1 Å². The van der Waals surface area contributed by atoms with Crippen LogP contribution in [0.4, 0.5) is 5.13 Å². The molecule has 0 radical (unpaired) electrons. The quantitative estimate of drug-likeness (QED) is 0.702. The highest BCUT2D eigenvalue weighted by Gasteiger charge is 2.23. The van der Waals surface area contributed by atoms with E-state index in [0.717, 1.165) is 12.8 Å². The van der Waals surface area contributed by atoms with Crippen molar-refractivity contribution >= 4 is 54.2 Å². The zero-order valence-electron chi connectivity index (χ0n) is 13.6. The average molecular weight is 390 g/mol. The van der Waals surface area contributed by atoms with Crippen LogP contribution in [0.3, 0.4) is 0 Å². The Morgan fingerprint density at radius 3 is 2.54 bits per heavy atom. The molecule has 24 heavy (non-hydrogen) atoms. The molecular formula is C15H20ClN3O3S2. The number of alkyl halides is 1. The van der Waals surface area contributed by atoms with E-state index in [2.05, 4.69) is 10.3 Å². The van der Waals surface area contributed by atoms with Gasteiger partial charge in [-0.25, -0.2) is 13.4 Å². The number of anilines is 1. The number of amides is 1. The Bertz CT molecular complexity index is 814. The fraction of sp³-hybridized carbons (Fsp3) is 0.467. The second-order valence-corrected chi connectivity index (χ2v) is 8.47. The molecule has 132 valence electrons. The molecule has 0 saturated heterocycles. The molecule has 0 bridgehead atoms. The van der Waals surface area contributed by atoms with Crippen LogP contribution in [0.2, 0.25) is 0 Å². The van der Waals surface area contributed by atoms with Gasteiger partial charge in [0.15, 0.2) is 5.13 Å². The molecule has 1 heterocycles. The zero-order chi connectivity index (χ0) is 17.7. The largest absolute Gasteiger partial charge is 0.301 e. The lowest BCUT2D eigenvalue weighted by Crippen LogP contribution is -2.32. The normalized spacial score (nSPS) is 12.0. The lowest BCUT2D eigenvalue weighted by atomic mass is 10.3. The van der Waals surface area contributed by atoms with E-state index in [4.69, 9.17) is 11.6 Å². The molecule has 1 aromatic carbocycles. The molecule has 0 atom stereocenters. The molecular weight excluding hydrogens is 370 g/mol. The minimum atomic E-state index is -3.53. The second kappa shape index (κ2) is 8.24. The summed E-state index contributed by atoms with van der Waals surface area (Å²) >= 11 is 6.68. The summed E-state index contributed by atoms with van der Waals surface area (Å²) in [5.41, 5.74) is 0.640. The maximum Gasteiger partial charge on any atom is 0.243 e. The first-order valence-electron chi connectivity index (χ1n) is 7.69. The van der Waals surface area contributed by atoms with Crippen molar-refractivity contribution in [3.8, 4) is 0 Å². The predicted octanol–water partition coefficient (Wildman–Crippen LogP) is 3.28. The van der Waals surface area contributed by atoms with Gasteiger partial charge in [-0.1, -0.05) is 25.2 Å². The third kappa shape index (κ3) is 4.24. The molecule has 6 nitrogen and oxygen atoms in total. The molecule has 9 heteroatoms. The highest BCUT2D eigenvalue weighted by molar-refractivity contribution is 7.89. The maximum atomic E-state index is 12.8. The van der Waals surface area contributed by atoms with Crippen LogP contribution in [0.5, 0.6) is 0 Å². The smallest absolute Gasteiger partial charge is 0.243 e. The van der Waals surface area contributed by atoms with E-state index < -0.39 is 10.0 Å². The van der Waals surface area contributed by atoms with E-state index in [1.165, 1.54) is 15.6 Å². The number of sulfonamides is 1. The number of carbonyl (C=O) groups is 1. The van der Waals surface area contributed by atoms with Gasteiger partial charge in [-0.15, -0.1) is 11.6 Å². The third-order valence-electron chi connectivity index (χ3n) is 3.31. The number of rotatable bonds is 8. The van der Waals surface area contributed by atoms with Crippen LogP contribution in [0.25, 0.3) is 10.2 Å². The van der Waals surface area contributed by atoms with Crippen LogP contribution in [0.15, 0.2) is 23.1 Å². The predicted molar refractivity (Wildman–Crippen MR) is 98.3 cm³/mol. The summed E-state index contributed by atoms with van der Waals surface area (Å²) in [6, 6.07) is 4.82. The van der Waals surface area contributed by atoms with Gasteiger partial charge in [0.1, 0.15) is 5.88 Å². The van der Waals surface area contributed by atoms with Gasteiger partial charge >= 0.3 is 0 Å². The van der Waals surface area contributed by atoms with Crippen molar-refractivity contribution < 1.29 is 13.2 Å². The molecule has 0 aliphatic rings. The van der Waals surface area contributed by atoms with Crippen molar-refractivity contribution in [2.75, 3.05) is 24.3 Å². The van der Waals surface area contributed by atoms with Crippen LogP contribution in [0.1, 0.15) is 26.7 Å². The van der Waals surface area contributed by atoms with Gasteiger partial charge in [-0.05, 0) is 31.0 Å². The maximum absolute atomic E-state index is 12.8. The molecule has 1 N–H and O–H groups in total. The number of carbonyl (C=O) groups excluding carboxylic acids is 1. The Balaban J connectivity index is 2.36. The van der Waals surface area contributed by atoms with E-state index in [0.29, 0.717) is 28.4 Å². The van der Waals surface area contributed by atoms with Gasteiger partial charge < -0.3 is 5.32 Å². The molecule has 0 aliphatic heterocycles. The van der Waals surface area contributed by atoms with E-state index in [9.17, 15) is 13.2 Å². The minimum Gasteiger partial charge on any atom is -0.301 e. The summed E-state index contributed by atoms with van der Waals surface area (Å²) in [5, 5.41) is 2.99. The van der Waals surface area contributed by atoms with Crippen molar-refractivity contribution in [1.29, 1.82) is 0 Å². The van der Waals surface area contributed by atoms with Crippen LogP contribution in [-0.4, -0.2) is 42.6 Å². The van der Waals surface area contributed by atoms with Gasteiger partial charge in [0, 0.05) is 13.1 Å². The molecule has 2 rings (SSSR count). The van der Waals surface area contributed by atoms with Crippen LogP contribution >= 0.6 is 22.9 Å². The molecule has 1 amide bonds. The standard InChI is InChI=1S/C15H20ClN3O3S2/c1-3-7-19(8-4-2)24(21,22)11-5-6-12-13(9-11)23-15(17-12)18-14(20)10-16/h5-6,9H,3-4,7-8,10H2,1-2H3,(H,17,18,20). The first-order chi connectivity index (χ1) is 11.4. The SMILES string of the molecule is CCCN(CCC)S(=O)(=O)c1ccc2nc(NC(=O)CCl)sc2c1. The number of aromatic nitrogens is 1. The molecule has 0 aliphatic carbocycles. The van der Waals surface area contributed by atoms with E-state index in [-0.39, 0.29) is 16.7 Å². The lowest BCUT2D eigenvalue weighted by Gasteiger charge is -2.20. The van der Waals surface area contributed by atoms with Gasteiger partial charge in [0.25, 0.3) is 0 Å². The number of hydrogen-bond acceptors (Lipinski definition) is 5. The molecule has 2 aromatic rings. The van der Waals surface area contributed by atoms with E-state index in [1.54, 1.807) is 18.2 Å². The van der Waals surface area contributed by atoms with Crippen LogP contribution in [-0.2, 0) is 14.8 Å². The summed E-state index contributed by atoms with van der Waals surface area (Å²) in [4.78, 5) is 15.8. The molecule has 0 unspecified atom stereocenters. The van der Waals surface area contributed by atoms with Crippen molar-refractivity contribution in [3.63, 3.8) is 0 Å². The summed E-state index contributed by atoms with van der Waals surface area (Å²) in [7, 11) is -3.53. The Morgan fingerprint density at radius 2 is 1.96 bits per heavy atom. The Hall–Kier alpha value is -1.22. The third-order valence-corrected chi connectivity index (χ3v) is 6.38. The first kappa shape index (κ1) is 19.1. The zero-order valence-corrected chi connectivity index (χ0v) is 16.0. The highest BCUT2D eigenvalue weighted by Crippen LogP contribution is 2.29.